The number of anilines is 1. The first-order valence-corrected chi connectivity index (χ1v) is 6.30. The molecule has 3 rings (SSSR count). The summed E-state index contributed by atoms with van der Waals surface area (Å²) in [6, 6.07) is 7.99. The normalized spacial score (nSPS) is 22.6. The molecule has 0 radical (unpaired) electrons. The molecule has 0 unspecified atom stereocenters. The molecule has 0 aliphatic carbocycles. The second-order valence-electron chi connectivity index (χ2n) is 4.53. The Morgan fingerprint density at radius 3 is 2.50 bits per heavy atom. The van der Waals surface area contributed by atoms with Crippen LogP contribution in [0.5, 0.6) is 0 Å². The van der Waals surface area contributed by atoms with E-state index in [9.17, 15) is 4.79 Å². The Hall–Kier alpha value is -0.870. The van der Waals surface area contributed by atoms with Gasteiger partial charge in [0.1, 0.15) is 0 Å². The van der Waals surface area contributed by atoms with Crippen molar-refractivity contribution in [3.63, 3.8) is 0 Å². The van der Waals surface area contributed by atoms with E-state index in [1.54, 1.807) is 0 Å². The smallest absolute Gasteiger partial charge is 0.227 e. The minimum absolute atomic E-state index is 0.0604. The number of nitrogens with zero attached hydrogens (tertiary/aromatic N) is 1. The zero-order valence-corrected chi connectivity index (χ0v) is 10.5. The molecule has 2 heterocycles. The standard InChI is InChI=1S/C12H13BrN2O/c13-9-1-3-10(4-2-9)15-11(16)5-6-12(15)7-14-8-12/h1-4,14H,5-8H2. The molecule has 2 fully saturated rings. The molecule has 4 heteroatoms. The average Bonchev–Trinajstić information content (AvgIpc) is 2.57. The van der Waals surface area contributed by atoms with Crippen LogP contribution in [0.15, 0.2) is 28.7 Å². The van der Waals surface area contributed by atoms with E-state index in [4.69, 9.17) is 0 Å². The summed E-state index contributed by atoms with van der Waals surface area (Å²) in [5.41, 5.74) is 1.08. The topological polar surface area (TPSA) is 32.3 Å². The number of halogens is 1. The zero-order chi connectivity index (χ0) is 11.2. The van der Waals surface area contributed by atoms with Crippen LogP contribution in [0.3, 0.4) is 0 Å². The second kappa shape index (κ2) is 3.57. The summed E-state index contributed by atoms with van der Waals surface area (Å²) in [6.45, 7) is 1.85. The van der Waals surface area contributed by atoms with Gasteiger partial charge in [-0.1, -0.05) is 15.9 Å². The van der Waals surface area contributed by atoms with E-state index in [2.05, 4.69) is 21.2 Å². The van der Waals surface area contributed by atoms with Crippen LogP contribution in [0, 0.1) is 0 Å². The molecule has 16 heavy (non-hydrogen) atoms. The largest absolute Gasteiger partial charge is 0.312 e. The van der Waals surface area contributed by atoms with Crippen molar-refractivity contribution in [2.45, 2.75) is 18.4 Å². The summed E-state index contributed by atoms with van der Waals surface area (Å²) >= 11 is 3.41. The van der Waals surface area contributed by atoms with E-state index in [1.165, 1.54) is 0 Å². The predicted octanol–water partition coefficient (Wildman–Crippen LogP) is 1.92. The van der Waals surface area contributed by atoms with E-state index in [-0.39, 0.29) is 11.4 Å². The summed E-state index contributed by atoms with van der Waals surface area (Å²) in [6.07, 6.45) is 1.66. The van der Waals surface area contributed by atoms with Crippen molar-refractivity contribution >= 4 is 27.5 Å². The summed E-state index contributed by atoms with van der Waals surface area (Å²) in [4.78, 5) is 13.9. The molecule has 1 N–H and O–H groups in total. The van der Waals surface area contributed by atoms with Crippen LogP contribution in [-0.4, -0.2) is 24.5 Å². The third kappa shape index (κ3) is 1.40. The lowest BCUT2D eigenvalue weighted by molar-refractivity contribution is -0.117. The first-order chi connectivity index (χ1) is 7.71. The molecule has 0 saturated carbocycles. The van der Waals surface area contributed by atoms with Crippen LogP contribution >= 0.6 is 15.9 Å². The van der Waals surface area contributed by atoms with Gasteiger partial charge >= 0.3 is 0 Å². The molecule has 2 saturated heterocycles. The number of rotatable bonds is 1. The van der Waals surface area contributed by atoms with Gasteiger partial charge in [0.25, 0.3) is 0 Å². The summed E-state index contributed by atoms with van der Waals surface area (Å²) in [7, 11) is 0. The Balaban J connectivity index is 1.97. The Morgan fingerprint density at radius 2 is 1.94 bits per heavy atom. The lowest BCUT2D eigenvalue weighted by Crippen LogP contribution is -2.67. The van der Waals surface area contributed by atoms with Gasteiger partial charge in [0.15, 0.2) is 0 Å². The van der Waals surface area contributed by atoms with Gasteiger partial charge in [-0.05, 0) is 30.7 Å². The van der Waals surface area contributed by atoms with E-state index in [0.717, 1.165) is 29.7 Å². The van der Waals surface area contributed by atoms with E-state index in [1.807, 2.05) is 29.2 Å². The Labute approximate surface area is 103 Å². The van der Waals surface area contributed by atoms with Crippen LogP contribution in [0.1, 0.15) is 12.8 Å². The number of amides is 1. The second-order valence-corrected chi connectivity index (χ2v) is 5.45. The van der Waals surface area contributed by atoms with Crippen LogP contribution < -0.4 is 10.2 Å². The molecule has 1 aromatic rings. The highest BCUT2D eigenvalue weighted by atomic mass is 79.9. The van der Waals surface area contributed by atoms with Crippen molar-refractivity contribution in [1.82, 2.24) is 5.32 Å². The lowest BCUT2D eigenvalue weighted by Gasteiger charge is -2.46. The first-order valence-electron chi connectivity index (χ1n) is 5.51. The maximum atomic E-state index is 12.0. The van der Waals surface area contributed by atoms with Gasteiger partial charge in [-0.25, -0.2) is 0 Å². The molecule has 0 atom stereocenters. The highest BCUT2D eigenvalue weighted by Gasteiger charge is 2.50. The van der Waals surface area contributed by atoms with E-state index < -0.39 is 0 Å². The average molecular weight is 281 g/mol. The molecule has 3 nitrogen and oxygen atoms in total. The number of benzene rings is 1. The van der Waals surface area contributed by atoms with Crippen molar-refractivity contribution in [3.05, 3.63) is 28.7 Å². The molecular formula is C12H13BrN2O. The molecular weight excluding hydrogens is 268 g/mol. The summed E-state index contributed by atoms with van der Waals surface area (Å²) in [5.74, 6) is 0.254. The van der Waals surface area contributed by atoms with Gasteiger partial charge in [0.05, 0.1) is 5.54 Å². The van der Waals surface area contributed by atoms with Gasteiger partial charge in [0.2, 0.25) is 5.91 Å². The highest BCUT2D eigenvalue weighted by Crippen LogP contribution is 2.37. The number of hydrogen-bond donors (Lipinski definition) is 1. The predicted molar refractivity (Wildman–Crippen MR) is 66.5 cm³/mol. The number of nitrogens with one attached hydrogen (secondary N) is 1. The van der Waals surface area contributed by atoms with Gasteiger partial charge in [0, 0.05) is 29.7 Å². The number of carbonyl (C=O) groups excluding carboxylic acids is 1. The molecule has 0 aromatic heterocycles. The maximum Gasteiger partial charge on any atom is 0.227 e. The van der Waals surface area contributed by atoms with Crippen molar-refractivity contribution in [3.8, 4) is 0 Å². The molecule has 0 bridgehead atoms. The van der Waals surface area contributed by atoms with E-state index in [0.29, 0.717) is 6.42 Å². The Kier molecular flexibility index (Phi) is 2.30. The van der Waals surface area contributed by atoms with Gasteiger partial charge < -0.3 is 10.2 Å². The molecule has 2 aliphatic heterocycles. The highest BCUT2D eigenvalue weighted by molar-refractivity contribution is 9.10. The fourth-order valence-electron chi connectivity index (χ4n) is 2.58. The molecule has 84 valence electrons. The van der Waals surface area contributed by atoms with Gasteiger partial charge in [-0.3, -0.25) is 4.79 Å². The number of hydrogen-bond acceptors (Lipinski definition) is 2. The van der Waals surface area contributed by atoms with Crippen LogP contribution in [0.4, 0.5) is 5.69 Å². The van der Waals surface area contributed by atoms with Crippen LogP contribution in [0.2, 0.25) is 0 Å². The van der Waals surface area contributed by atoms with Gasteiger partial charge in [-0.2, -0.15) is 0 Å². The fourth-order valence-corrected chi connectivity index (χ4v) is 2.85. The fraction of sp³-hybridized carbons (Fsp3) is 0.417. The van der Waals surface area contributed by atoms with Crippen molar-refractivity contribution < 1.29 is 4.79 Å². The molecule has 1 spiro atoms. The summed E-state index contributed by atoms with van der Waals surface area (Å²) < 4.78 is 1.05. The van der Waals surface area contributed by atoms with Crippen LogP contribution in [0.25, 0.3) is 0 Å². The molecule has 1 aromatic carbocycles. The third-order valence-corrected chi connectivity index (χ3v) is 4.05. The minimum Gasteiger partial charge on any atom is -0.312 e. The van der Waals surface area contributed by atoms with Crippen molar-refractivity contribution in [1.29, 1.82) is 0 Å². The Bertz CT molecular complexity index is 425. The molecule has 1 amide bonds. The van der Waals surface area contributed by atoms with Crippen molar-refractivity contribution in [2.75, 3.05) is 18.0 Å². The molecule has 2 aliphatic rings. The summed E-state index contributed by atoms with van der Waals surface area (Å²) in [5, 5.41) is 3.27. The van der Waals surface area contributed by atoms with Crippen LogP contribution in [-0.2, 0) is 4.79 Å². The van der Waals surface area contributed by atoms with Gasteiger partial charge in [-0.15, -0.1) is 0 Å². The minimum atomic E-state index is 0.0604. The van der Waals surface area contributed by atoms with E-state index >= 15 is 0 Å². The van der Waals surface area contributed by atoms with Crippen molar-refractivity contribution in [2.24, 2.45) is 0 Å². The lowest BCUT2D eigenvalue weighted by atomic mass is 9.89. The SMILES string of the molecule is O=C1CCC2(CNC2)N1c1ccc(Br)cc1. The first kappa shape index (κ1) is 10.3. The zero-order valence-electron chi connectivity index (χ0n) is 8.87. The maximum absolute atomic E-state index is 12.0. The third-order valence-electron chi connectivity index (χ3n) is 3.52. The number of carbonyl (C=O) groups is 1. The monoisotopic (exact) mass is 280 g/mol. The Morgan fingerprint density at radius 1 is 1.25 bits per heavy atom. The quantitative estimate of drug-likeness (QED) is 0.853.